The maximum atomic E-state index is 6.82. The summed E-state index contributed by atoms with van der Waals surface area (Å²) in [6.07, 6.45) is 0. The van der Waals surface area contributed by atoms with E-state index >= 15 is 0 Å². The molecule has 4 heteroatoms. The smallest absolute Gasteiger partial charge is 0.235 e. The second-order valence-corrected chi connectivity index (χ2v) is 11.8. The van der Waals surface area contributed by atoms with E-state index in [4.69, 9.17) is 14.4 Å². The standard InChI is InChI=1S/C39H27N3O/c1-39(2)29-20-10-12-22-31(29)42(38-40-30-21-11-8-18-27(30)35(41-38)24-14-4-3-5-15-24)36-34(39)26-17-7-6-16-25(26)33-28-19-9-13-23-32(28)43-37(33)36/h3-23H,1-2H3. The van der Waals surface area contributed by atoms with Gasteiger partial charge in [0.1, 0.15) is 5.58 Å². The van der Waals surface area contributed by atoms with Crippen molar-refractivity contribution in [2.24, 2.45) is 0 Å². The number of para-hydroxylation sites is 3. The zero-order chi connectivity index (χ0) is 28.7. The molecule has 0 radical (unpaired) electrons. The lowest BCUT2D eigenvalue weighted by atomic mass is 9.71. The number of fused-ring (bicyclic) bond motifs is 10. The number of aromatic nitrogens is 2. The summed E-state index contributed by atoms with van der Waals surface area (Å²) in [6.45, 7) is 4.64. The lowest BCUT2D eigenvalue weighted by Crippen LogP contribution is -2.32. The van der Waals surface area contributed by atoms with Gasteiger partial charge in [-0.15, -0.1) is 0 Å². The van der Waals surface area contributed by atoms with E-state index in [1.54, 1.807) is 0 Å². The first-order chi connectivity index (χ1) is 21.1. The van der Waals surface area contributed by atoms with Crippen molar-refractivity contribution < 1.29 is 4.42 Å². The third kappa shape index (κ3) is 3.32. The summed E-state index contributed by atoms with van der Waals surface area (Å²) in [5.74, 6) is 0.624. The van der Waals surface area contributed by atoms with Crippen LogP contribution in [0.2, 0.25) is 0 Å². The molecular weight excluding hydrogens is 526 g/mol. The highest BCUT2D eigenvalue weighted by atomic mass is 16.3. The van der Waals surface area contributed by atoms with E-state index in [9.17, 15) is 0 Å². The quantitative estimate of drug-likeness (QED) is 0.214. The first-order valence-electron chi connectivity index (χ1n) is 14.7. The van der Waals surface area contributed by atoms with Crippen molar-refractivity contribution in [3.63, 3.8) is 0 Å². The Morgan fingerprint density at radius 2 is 1.26 bits per heavy atom. The second-order valence-electron chi connectivity index (χ2n) is 11.8. The molecule has 0 bridgehead atoms. The predicted octanol–water partition coefficient (Wildman–Crippen LogP) is 10.5. The molecule has 0 unspecified atom stereocenters. The average molecular weight is 554 g/mol. The van der Waals surface area contributed by atoms with Gasteiger partial charge in [-0.2, -0.15) is 0 Å². The van der Waals surface area contributed by atoms with Gasteiger partial charge >= 0.3 is 0 Å². The maximum absolute atomic E-state index is 6.82. The van der Waals surface area contributed by atoms with E-state index in [-0.39, 0.29) is 5.41 Å². The molecule has 0 amide bonds. The maximum Gasteiger partial charge on any atom is 0.235 e. The molecule has 0 spiro atoms. The molecule has 204 valence electrons. The number of benzene rings is 6. The number of rotatable bonds is 2. The van der Waals surface area contributed by atoms with Gasteiger partial charge < -0.3 is 4.42 Å². The molecule has 0 saturated heterocycles. The average Bonchev–Trinajstić information content (AvgIpc) is 3.45. The molecule has 3 heterocycles. The third-order valence-electron chi connectivity index (χ3n) is 9.02. The minimum atomic E-state index is -0.311. The van der Waals surface area contributed by atoms with Gasteiger partial charge in [0.15, 0.2) is 5.58 Å². The van der Waals surface area contributed by atoms with E-state index < -0.39 is 0 Å². The summed E-state index contributed by atoms with van der Waals surface area (Å²) in [5.41, 5.74) is 8.78. The fourth-order valence-corrected chi connectivity index (χ4v) is 7.13. The molecule has 0 fully saturated rings. The van der Waals surface area contributed by atoms with Gasteiger partial charge in [-0.25, -0.2) is 9.97 Å². The molecular formula is C39H27N3O. The van der Waals surface area contributed by atoms with E-state index in [1.807, 2.05) is 18.2 Å². The van der Waals surface area contributed by atoms with Crippen LogP contribution in [0.3, 0.4) is 0 Å². The van der Waals surface area contributed by atoms with Gasteiger partial charge in [0.05, 0.1) is 22.6 Å². The summed E-state index contributed by atoms with van der Waals surface area (Å²) in [6, 6.07) is 44.4. The van der Waals surface area contributed by atoms with Gasteiger partial charge in [0.2, 0.25) is 5.95 Å². The molecule has 4 nitrogen and oxygen atoms in total. The molecule has 0 N–H and O–H groups in total. The second kappa shape index (κ2) is 8.76. The summed E-state index contributed by atoms with van der Waals surface area (Å²) < 4.78 is 6.82. The number of nitrogens with zero attached hydrogens (tertiary/aromatic N) is 3. The minimum absolute atomic E-state index is 0.311. The van der Waals surface area contributed by atoms with Gasteiger partial charge in [-0.05, 0) is 40.1 Å². The van der Waals surface area contributed by atoms with Gasteiger partial charge in [0.25, 0.3) is 0 Å². The first-order valence-corrected chi connectivity index (χ1v) is 14.7. The number of anilines is 3. The highest BCUT2D eigenvalue weighted by molar-refractivity contribution is 6.25. The number of hydrogen-bond acceptors (Lipinski definition) is 4. The normalized spacial score (nSPS) is 14.0. The van der Waals surface area contributed by atoms with Gasteiger partial charge in [-0.3, -0.25) is 4.90 Å². The molecule has 2 aromatic heterocycles. The molecule has 43 heavy (non-hydrogen) atoms. The van der Waals surface area contributed by atoms with Crippen molar-refractivity contribution in [3.05, 3.63) is 139 Å². The molecule has 1 aliphatic rings. The topological polar surface area (TPSA) is 42.2 Å². The molecule has 9 rings (SSSR count). The lowest BCUT2D eigenvalue weighted by molar-refractivity contribution is 0.628. The van der Waals surface area contributed by atoms with E-state index in [1.165, 1.54) is 21.9 Å². The van der Waals surface area contributed by atoms with Crippen molar-refractivity contribution in [1.29, 1.82) is 0 Å². The molecule has 0 aliphatic carbocycles. The number of hydrogen-bond donors (Lipinski definition) is 0. The largest absolute Gasteiger partial charge is 0.454 e. The Hall–Kier alpha value is -5.48. The molecule has 8 aromatic rings. The van der Waals surface area contributed by atoms with Crippen LogP contribution in [0.5, 0.6) is 0 Å². The van der Waals surface area contributed by atoms with Gasteiger partial charge in [-0.1, -0.05) is 123 Å². The van der Waals surface area contributed by atoms with Crippen molar-refractivity contribution >= 4 is 60.9 Å². The van der Waals surface area contributed by atoms with Gasteiger partial charge in [0, 0.05) is 27.1 Å². The molecule has 0 atom stereocenters. The van der Waals surface area contributed by atoms with Crippen LogP contribution < -0.4 is 4.90 Å². The molecule has 0 saturated carbocycles. The highest BCUT2D eigenvalue weighted by Gasteiger charge is 2.42. The van der Waals surface area contributed by atoms with E-state index in [0.717, 1.165) is 55.5 Å². The monoisotopic (exact) mass is 553 g/mol. The van der Waals surface area contributed by atoms with Crippen LogP contribution in [-0.4, -0.2) is 9.97 Å². The fraction of sp³-hybridized carbons (Fsp3) is 0.0769. The van der Waals surface area contributed by atoms with E-state index in [0.29, 0.717) is 5.95 Å². The van der Waals surface area contributed by atoms with Crippen LogP contribution in [0.1, 0.15) is 25.0 Å². The SMILES string of the molecule is CC1(C)c2ccccc2N(c2nc(-c3ccccc3)c3ccccc3n2)c2c1c1ccccc1c1c2oc2ccccc21. The van der Waals surface area contributed by atoms with Crippen LogP contribution in [0.25, 0.3) is 54.9 Å². The Labute approximate surface area is 248 Å². The highest BCUT2D eigenvalue weighted by Crippen LogP contribution is 2.57. The van der Waals surface area contributed by atoms with Crippen LogP contribution in [0, 0.1) is 0 Å². The van der Waals surface area contributed by atoms with Crippen LogP contribution in [-0.2, 0) is 5.41 Å². The minimum Gasteiger partial charge on any atom is -0.454 e. The lowest BCUT2D eigenvalue weighted by Gasteiger charge is -2.41. The Morgan fingerprint density at radius 3 is 2.09 bits per heavy atom. The summed E-state index contributed by atoms with van der Waals surface area (Å²) in [7, 11) is 0. The summed E-state index contributed by atoms with van der Waals surface area (Å²) in [4.78, 5) is 12.8. The van der Waals surface area contributed by atoms with Crippen molar-refractivity contribution in [1.82, 2.24) is 9.97 Å². The van der Waals surface area contributed by atoms with Crippen molar-refractivity contribution in [2.75, 3.05) is 4.90 Å². The Morgan fingerprint density at radius 1 is 0.605 bits per heavy atom. The summed E-state index contributed by atoms with van der Waals surface area (Å²) in [5, 5.41) is 5.66. The van der Waals surface area contributed by atoms with Crippen molar-refractivity contribution in [2.45, 2.75) is 19.3 Å². The van der Waals surface area contributed by atoms with Crippen LogP contribution >= 0.6 is 0 Å². The summed E-state index contributed by atoms with van der Waals surface area (Å²) >= 11 is 0. The van der Waals surface area contributed by atoms with Crippen molar-refractivity contribution in [3.8, 4) is 11.3 Å². The molecule has 6 aromatic carbocycles. The predicted molar refractivity (Wildman–Crippen MR) is 177 cm³/mol. The Balaban J connectivity index is 1.48. The number of furan rings is 1. The van der Waals surface area contributed by atoms with E-state index in [2.05, 4.69) is 128 Å². The zero-order valence-electron chi connectivity index (χ0n) is 23.9. The van der Waals surface area contributed by atoms with Crippen LogP contribution in [0.4, 0.5) is 17.3 Å². The first kappa shape index (κ1) is 24.2. The molecule has 1 aliphatic heterocycles. The fourth-order valence-electron chi connectivity index (χ4n) is 7.13. The third-order valence-corrected chi connectivity index (χ3v) is 9.02. The Kier molecular flexibility index (Phi) is 4.92. The Bertz CT molecular complexity index is 2390. The van der Waals surface area contributed by atoms with Crippen LogP contribution in [0.15, 0.2) is 132 Å². The zero-order valence-corrected chi connectivity index (χ0v) is 23.9.